The van der Waals surface area contributed by atoms with Gasteiger partial charge in [-0.05, 0) is 31.9 Å². The number of fused-ring (bicyclic) bond motifs is 1. The largest absolute Gasteiger partial charge is 0.322 e. The summed E-state index contributed by atoms with van der Waals surface area (Å²) in [6.07, 6.45) is 2.00. The molecule has 0 aromatic carbocycles. The highest BCUT2D eigenvalue weighted by Gasteiger charge is 2.38. The van der Waals surface area contributed by atoms with E-state index in [2.05, 4.69) is 10.1 Å². The quantitative estimate of drug-likeness (QED) is 0.816. The highest BCUT2D eigenvalue weighted by Crippen LogP contribution is 2.41. The summed E-state index contributed by atoms with van der Waals surface area (Å²) in [4.78, 5) is 6.65. The van der Waals surface area contributed by atoms with E-state index in [0.29, 0.717) is 12.2 Å². The Balaban J connectivity index is 2.19. The van der Waals surface area contributed by atoms with Crippen LogP contribution in [0.1, 0.15) is 39.1 Å². The van der Waals surface area contributed by atoms with Gasteiger partial charge >= 0.3 is 0 Å². The maximum Gasteiger partial charge on any atom is 0.288 e. The molecule has 1 atom stereocenters. The first-order valence-electron chi connectivity index (χ1n) is 7.47. The lowest BCUT2D eigenvalue weighted by molar-refractivity contribution is 0.00895. The van der Waals surface area contributed by atoms with Crippen molar-refractivity contribution in [3.05, 3.63) is 33.6 Å². The monoisotopic (exact) mass is 340 g/mol. The number of halogens is 3. The molecule has 23 heavy (non-hydrogen) atoms. The number of amidine groups is 1. The second-order valence-corrected chi connectivity index (χ2v) is 6.67. The van der Waals surface area contributed by atoms with Crippen LogP contribution in [0.5, 0.6) is 0 Å². The highest BCUT2D eigenvalue weighted by molar-refractivity contribution is 6.33. The Hall–Kier alpha value is -1.69. The van der Waals surface area contributed by atoms with Gasteiger partial charge in [-0.1, -0.05) is 17.7 Å². The Bertz CT molecular complexity index is 768. The first kappa shape index (κ1) is 16.2. The lowest BCUT2D eigenvalue weighted by Gasteiger charge is -2.28. The molecule has 1 aromatic rings. The number of rotatable bonds is 2. The summed E-state index contributed by atoms with van der Waals surface area (Å²) in [6, 6.07) is 0.142. The summed E-state index contributed by atoms with van der Waals surface area (Å²) in [5.74, 6) is -2.19. The second-order valence-electron chi connectivity index (χ2n) is 6.29. The molecule has 7 heteroatoms. The SMILES string of the molecule is CC1=CC(C)=C(c2nn(C)c(C(C)(F)F)c2Cl)N2CC(C)N=C12. The molecule has 3 rings (SSSR count). The molecule has 0 saturated heterocycles. The predicted molar refractivity (Wildman–Crippen MR) is 87.7 cm³/mol. The van der Waals surface area contributed by atoms with Crippen molar-refractivity contribution in [2.75, 3.05) is 6.54 Å². The van der Waals surface area contributed by atoms with Gasteiger partial charge in [0.25, 0.3) is 5.92 Å². The summed E-state index contributed by atoms with van der Waals surface area (Å²) in [5.41, 5.74) is 2.88. The molecule has 1 aromatic heterocycles. The molecule has 0 N–H and O–H groups in total. The standard InChI is InChI=1S/C16H19ClF2N4/c1-8-6-9(2)15-20-10(3)7-23(15)13(8)12-11(17)14(16(4,18)19)22(5)21-12/h6,10H,7H2,1-5H3. The molecule has 1 unspecified atom stereocenters. The Labute approximate surface area is 139 Å². The molecule has 2 aliphatic rings. The maximum absolute atomic E-state index is 13.8. The molecule has 0 spiro atoms. The number of allylic oxidation sites excluding steroid dienone is 2. The van der Waals surface area contributed by atoms with Gasteiger partial charge in [0.15, 0.2) is 0 Å². The minimum Gasteiger partial charge on any atom is -0.322 e. The van der Waals surface area contributed by atoms with Crippen LogP contribution >= 0.6 is 11.6 Å². The molecule has 0 amide bonds. The molecule has 0 saturated carbocycles. The number of nitrogens with zero attached hydrogens (tertiary/aromatic N) is 4. The van der Waals surface area contributed by atoms with Gasteiger partial charge in [0, 0.05) is 20.5 Å². The first-order chi connectivity index (χ1) is 10.6. The minimum absolute atomic E-state index is 0.00112. The molecule has 3 heterocycles. The van der Waals surface area contributed by atoms with Gasteiger partial charge in [-0.15, -0.1) is 0 Å². The lowest BCUT2D eigenvalue weighted by Crippen LogP contribution is -2.31. The molecule has 0 bridgehead atoms. The number of aryl methyl sites for hydroxylation is 1. The fourth-order valence-corrected chi connectivity index (χ4v) is 3.71. The van der Waals surface area contributed by atoms with Crippen molar-refractivity contribution in [3.8, 4) is 0 Å². The topological polar surface area (TPSA) is 33.4 Å². The van der Waals surface area contributed by atoms with Crippen molar-refractivity contribution in [1.82, 2.24) is 14.7 Å². The van der Waals surface area contributed by atoms with Crippen molar-refractivity contribution >= 4 is 23.1 Å². The molecule has 0 fully saturated rings. The summed E-state index contributed by atoms with van der Waals surface area (Å²) in [6.45, 7) is 7.48. The van der Waals surface area contributed by atoms with Gasteiger partial charge in [0.2, 0.25) is 0 Å². The van der Waals surface area contributed by atoms with Crippen LogP contribution in [0, 0.1) is 0 Å². The van der Waals surface area contributed by atoms with Crippen molar-refractivity contribution in [2.45, 2.75) is 39.7 Å². The number of hydrogen-bond acceptors (Lipinski definition) is 3. The van der Waals surface area contributed by atoms with Crippen molar-refractivity contribution in [3.63, 3.8) is 0 Å². The summed E-state index contributed by atoms with van der Waals surface area (Å²) in [5, 5.41) is 4.28. The van der Waals surface area contributed by atoms with E-state index in [-0.39, 0.29) is 16.8 Å². The van der Waals surface area contributed by atoms with Crippen LogP contribution < -0.4 is 0 Å². The van der Waals surface area contributed by atoms with E-state index in [4.69, 9.17) is 11.6 Å². The van der Waals surface area contributed by atoms with E-state index in [1.54, 1.807) is 0 Å². The average Bonchev–Trinajstić information content (AvgIpc) is 2.90. The predicted octanol–water partition coefficient (Wildman–Crippen LogP) is 3.98. The van der Waals surface area contributed by atoms with Gasteiger partial charge < -0.3 is 4.90 Å². The van der Waals surface area contributed by atoms with E-state index in [1.807, 2.05) is 31.7 Å². The van der Waals surface area contributed by atoms with Crippen LogP contribution in [-0.4, -0.2) is 33.1 Å². The minimum atomic E-state index is -3.05. The third-order valence-electron chi connectivity index (χ3n) is 4.10. The summed E-state index contributed by atoms with van der Waals surface area (Å²) < 4.78 is 28.8. The first-order valence-corrected chi connectivity index (χ1v) is 7.85. The molecular weight excluding hydrogens is 322 g/mol. The Kier molecular flexibility index (Phi) is 3.63. The zero-order chi connectivity index (χ0) is 17.1. The normalized spacial score (nSPS) is 21.6. The van der Waals surface area contributed by atoms with E-state index < -0.39 is 5.92 Å². The van der Waals surface area contributed by atoms with Crippen LogP contribution in [0.2, 0.25) is 5.02 Å². The Morgan fingerprint density at radius 2 is 2.00 bits per heavy atom. The van der Waals surface area contributed by atoms with Gasteiger partial charge in [-0.25, -0.2) is 0 Å². The smallest absolute Gasteiger partial charge is 0.288 e. The number of hydrogen-bond donors (Lipinski definition) is 0. The zero-order valence-corrected chi connectivity index (χ0v) is 14.5. The number of aromatic nitrogens is 2. The lowest BCUT2D eigenvalue weighted by atomic mass is 10.0. The van der Waals surface area contributed by atoms with Crippen LogP contribution in [0.15, 0.2) is 22.2 Å². The van der Waals surface area contributed by atoms with E-state index in [9.17, 15) is 8.78 Å². The van der Waals surface area contributed by atoms with Gasteiger partial charge in [0.05, 0.1) is 16.8 Å². The maximum atomic E-state index is 13.8. The van der Waals surface area contributed by atoms with Crippen LogP contribution in [-0.2, 0) is 13.0 Å². The second kappa shape index (κ2) is 5.16. The molecule has 0 aliphatic carbocycles. The average molecular weight is 341 g/mol. The van der Waals surface area contributed by atoms with Crippen LogP contribution in [0.4, 0.5) is 8.78 Å². The van der Waals surface area contributed by atoms with E-state index in [0.717, 1.165) is 29.6 Å². The van der Waals surface area contributed by atoms with Crippen molar-refractivity contribution < 1.29 is 8.78 Å². The van der Waals surface area contributed by atoms with Gasteiger partial charge in [-0.3, -0.25) is 9.67 Å². The highest BCUT2D eigenvalue weighted by atomic mass is 35.5. The third-order valence-corrected chi connectivity index (χ3v) is 4.46. The Morgan fingerprint density at radius 3 is 2.57 bits per heavy atom. The van der Waals surface area contributed by atoms with E-state index >= 15 is 0 Å². The fourth-order valence-electron chi connectivity index (χ4n) is 3.29. The Morgan fingerprint density at radius 1 is 1.35 bits per heavy atom. The summed E-state index contributed by atoms with van der Waals surface area (Å²) >= 11 is 6.29. The van der Waals surface area contributed by atoms with Crippen molar-refractivity contribution in [1.29, 1.82) is 0 Å². The number of aliphatic imine (C=N–C) groups is 1. The number of alkyl halides is 2. The van der Waals surface area contributed by atoms with Gasteiger partial charge in [0.1, 0.15) is 17.2 Å². The fraction of sp³-hybridized carbons (Fsp3) is 0.500. The molecular formula is C16H19ClF2N4. The van der Waals surface area contributed by atoms with Gasteiger partial charge in [-0.2, -0.15) is 13.9 Å². The molecule has 0 radical (unpaired) electrons. The molecule has 4 nitrogen and oxygen atoms in total. The molecule has 2 aliphatic heterocycles. The third kappa shape index (κ3) is 2.49. The molecule has 124 valence electrons. The van der Waals surface area contributed by atoms with Crippen LogP contribution in [0.25, 0.3) is 5.70 Å². The van der Waals surface area contributed by atoms with E-state index in [1.165, 1.54) is 11.7 Å². The van der Waals surface area contributed by atoms with Crippen molar-refractivity contribution in [2.24, 2.45) is 12.0 Å². The zero-order valence-electron chi connectivity index (χ0n) is 13.8. The van der Waals surface area contributed by atoms with Crippen LogP contribution in [0.3, 0.4) is 0 Å². The summed E-state index contributed by atoms with van der Waals surface area (Å²) in [7, 11) is 1.49.